The molecule has 0 aromatic carbocycles. The third-order valence-corrected chi connectivity index (χ3v) is 5.21. The van der Waals surface area contributed by atoms with Crippen LogP contribution >= 0.6 is 27.3 Å². The maximum Gasteiger partial charge on any atom is 0.0701 e. The molecule has 1 aromatic heterocycles. The molecule has 1 N–H and O–H groups in total. The van der Waals surface area contributed by atoms with Crippen molar-refractivity contribution in [2.45, 2.75) is 31.8 Å². The minimum Gasteiger partial charge on any atom is -0.316 e. The highest BCUT2D eigenvalue weighted by Crippen LogP contribution is 2.31. The van der Waals surface area contributed by atoms with Gasteiger partial charge in [0.1, 0.15) is 0 Å². The Labute approximate surface area is 110 Å². The summed E-state index contributed by atoms with van der Waals surface area (Å²) >= 11 is 5.39. The number of hydrogen-bond acceptors (Lipinski definition) is 3. The number of likely N-dealkylation sites (tertiary alicyclic amines) is 1. The normalized spacial score (nSPS) is 24.6. The molecule has 0 radical (unpaired) electrons. The molecule has 2 rings (SSSR count). The summed E-state index contributed by atoms with van der Waals surface area (Å²) < 4.78 is 1.23. The largest absolute Gasteiger partial charge is 0.316 e. The predicted octanol–water partition coefficient (Wildman–Crippen LogP) is 3.26. The van der Waals surface area contributed by atoms with Crippen LogP contribution in [0.2, 0.25) is 0 Å². The SMILES string of the molecule is CNC1CCCN(C(C)c2ccc(Br)s2)C1. The fourth-order valence-corrected chi connectivity index (χ4v) is 3.84. The van der Waals surface area contributed by atoms with Crippen LogP contribution in [0.25, 0.3) is 0 Å². The van der Waals surface area contributed by atoms with Gasteiger partial charge in [-0.25, -0.2) is 0 Å². The van der Waals surface area contributed by atoms with E-state index in [2.05, 4.69) is 52.3 Å². The molecule has 90 valence electrons. The lowest BCUT2D eigenvalue weighted by atomic mass is 10.0. The second-order valence-electron chi connectivity index (χ2n) is 4.44. The van der Waals surface area contributed by atoms with Crippen molar-refractivity contribution >= 4 is 27.3 Å². The van der Waals surface area contributed by atoms with E-state index in [0.29, 0.717) is 12.1 Å². The van der Waals surface area contributed by atoms with Crippen LogP contribution in [-0.4, -0.2) is 31.1 Å². The first-order valence-corrected chi connectivity index (χ1v) is 7.48. The van der Waals surface area contributed by atoms with Gasteiger partial charge in [-0.2, -0.15) is 0 Å². The Morgan fingerprint density at radius 1 is 1.56 bits per heavy atom. The number of nitrogens with zero attached hydrogens (tertiary/aromatic N) is 1. The molecular formula is C12H19BrN2S. The van der Waals surface area contributed by atoms with Gasteiger partial charge in [0.15, 0.2) is 0 Å². The van der Waals surface area contributed by atoms with Gasteiger partial charge >= 0.3 is 0 Å². The third-order valence-electron chi connectivity index (χ3n) is 3.41. The van der Waals surface area contributed by atoms with Gasteiger partial charge in [0.2, 0.25) is 0 Å². The van der Waals surface area contributed by atoms with E-state index in [1.54, 1.807) is 0 Å². The van der Waals surface area contributed by atoms with E-state index in [1.165, 1.54) is 34.6 Å². The summed E-state index contributed by atoms with van der Waals surface area (Å²) in [4.78, 5) is 4.05. The van der Waals surface area contributed by atoms with Crippen LogP contribution in [0.5, 0.6) is 0 Å². The van der Waals surface area contributed by atoms with Crippen LogP contribution in [-0.2, 0) is 0 Å². The van der Waals surface area contributed by atoms with Crippen molar-refractivity contribution in [1.29, 1.82) is 0 Å². The average Bonchev–Trinajstić information content (AvgIpc) is 2.75. The first-order valence-electron chi connectivity index (χ1n) is 5.87. The van der Waals surface area contributed by atoms with Crippen molar-refractivity contribution in [1.82, 2.24) is 10.2 Å². The monoisotopic (exact) mass is 302 g/mol. The number of halogens is 1. The molecule has 1 saturated heterocycles. The fourth-order valence-electron chi connectivity index (χ4n) is 2.33. The molecule has 1 aliphatic rings. The summed E-state index contributed by atoms with van der Waals surface area (Å²) in [6.45, 7) is 4.72. The molecule has 2 heterocycles. The van der Waals surface area contributed by atoms with Crippen LogP contribution in [0.3, 0.4) is 0 Å². The zero-order valence-electron chi connectivity index (χ0n) is 9.87. The summed E-state index contributed by atoms with van der Waals surface area (Å²) in [6.07, 6.45) is 2.62. The third kappa shape index (κ3) is 2.86. The molecule has 0 amide bonds. The van der Waals surface area contributed by atoms with Crippen molar-refractivity contribution < 1.29 is 0 Å². The Bertz CT molecular complexity index is 340. The van der Waals surface area contributed by atoms with Crippen molar-refractivity contribution in [3.8, 4) is 0 Å². The van der Waals surface area contributed by atoms with E-state index in [1.807, 2.05) is 11.3 Å². The van der Waals surface area contributed by atoms with E-state index in [4.69, 9.17) is 0 Å². The molecule has 0 aliphatic carbocycles. The molecule has 0 bridgehead atoms. The molecular weight excluding hydrogens is 284 g/mol. The Kier molecular flexibility index (Phi) is 4.41. The van der Waals surface area contributed by atoms with Gasteiger partial charge in [-0.1, -0.05) is 0 Å². The van der Waals surface area contributed by atoms with E-state index in [9.17, 15) is 0 Å². The predicted molar refractivity (Wildman–Crippen MR) is 74.1 cm³/mol. The molecule has 16 heavy (non-hydrogen) atoms. The molecule has 0 spiro atoms. The molecule has 2 unspecified atom stereocenters. The average molecular weight is 303 g/mol. The zero-order valence-corrected chi connectivity index (χ0v) is 12.3. The highest BCUT2D eigenvalue weighted by molar-refractivity contribution is 9.11. The molecule has 2 atom stereocenters. The van der Waals surface area contributed by atoms with Gasteiger partial charge < -0.3 is 5.32 Å². The van der Waals surface area contributed by atoms with Crippen LogP contribution in [0.1, 0.15) is 30.7 Å². The van der Waals surface area contributed by atoms with Crippen LogP contribution in [0.15, 0.2) is 15.9 Å². The second kappa shape index (κ2) is 5.63. The minimum atomic E-state index is 0.549. The smallest absolute Gasteiger partial charge is 0.0701 e. The Hall–Kier alpha value is 0.1000. The van der Waals surface area contributed by atoms with Gasteiger partial charge in [0.05, 0.1) is 3.79 Å². The molecule has 0 saturated carbocycles. The molecule has 4 heteroatoms. The van der Waals surface area contributed by atoms with Crippen molar-refractivity contribution in [3.63, 3.8) is 0 Å². The Morgan fingerprint density at radius 2 is 2.38 bits per heavy atom. The number of hydrogen-bond donors (Lipinski definition) is 1. The van der Waals surface area contributed by atoms with Crippen molar-refractivity contribution in [2.75, 3.05) is 20.1 Å². The Balaban J connectivity index is 2.01. The standard InChI is InChI=1S/C12H19BrN2S/c1-9(11-5-6-12(13)16-11)15-7-3-4-10(8-15)14-2/h5-6,9-10,14H,3-4,7-8H2,1-2H3. The van der Waals surface area contributed by atoms with Gasteiger partial charge in [-0.3, -0.25) is 4.90 Å². The highest BCUT2D eigenvalue weighted by atomic mass is 79.9. The van der Waals surface area contributed by atoms with Gasteiger partial charge in [-0.05, 0) is 61.4 Å². The van der Waals surface area contributed by atoms with E-state index in [-0.39, 0.29) is 0 Å². The minimum absolute atomic E-state index is 0.549. The quantitative estimate of drug-likeness (QED) is 0.922. The second-order valence-corrected chi connectivity index (χ2v) is 6.94. The molecule has 1 aliphatic heterocycles. The topological polar surface area (TPSA) is 15.3 Å². The Morgan fingerprint density at radius 3 is 3.00 bits per heavy atom. The maximum absolute atomic E-state index is 3.54. The number of thiophene rings is 1. The number of nitrogens with one attached hydrogen (secondary N) is 1. The molecule has 2 nitrogen and oxygen atoms in total. The van der Waals surface area contributed by atoms with Crippen molar-refractivity contribution in [3.05, 3.63) is 20.8 Å². The van der Waals surface area contributed by atoms with Crippen molar-refractivity contribution in [2.24, 2.45) is 0 Å². The first kappa shape index (κ1) is 12.6. The molecule has 1 aromatic rings. The molecule has 1 fully saturated rings. The summed E-state index contributed by atoms with van der Waals surface area (Å²) in [5.41, 5.74) is 0. The van der Waals surface area contributed by atoms with Gasteiger partial charge in [0, 0.05) is 23.5 Å². The summed E-state index contributed by atoms with van der Waals surface area (Å²) in [6, 6.07) is 5.60. The summed E-state index contributed by atoms with van der Waals surface area (Å²) in [7, 11) is 2.07. The van der Waals surface area contributed by atoms with Gasteiger partial charge in [-0.15, -0.1) is 11.3 Å². The lowest BCUT2D eigenvalue weighted by Crippen LogP contribution is -2.45. The first-order chi connectivity index (χ1) is 7.70. The van der Waals surface area contributed by atoms with Crippen LogP contribution < -0.4 is 5.32 Å². The van der Waals surface area contributed by atoms with Crippen LogP contribution in [0.4, 0.5) is 0 Å². The number of piperidine rings is 1. The van der Waals surface area contributed by atoms with Gasteiger partial charge in [0.25, 0.3) is 0 Å². The van der Waals surface area contributed by atoms with E-state index >= 15 is 0 Å². The highest BCUT2D eigenvalue weighted by Gasteiger charge is 2.23. The maximum atomic E-state index is 3.54. The van der Waals surface area contributed by atoms with E-state index in [0.717, 1.165) is 0 Å². The fraction of sp³-hybridized carbons (Fsp3) is 0.667. The van der Waals surface area contributed by atoms with E-state index < -0.39 is 0 Å². The van der Waals surface area contributed by atoms with Crippen LogP contribution in [0, 0.1) is 0 Å². The lowest BCUT2D eigenvalue weighted by molar-refractivity contribution is 0.151. The zero-order chi connectivity index (χ0) is 11.5. The number of likely N-dealkylation sites (N-methyl/N-ethyl adjacent to an activating group) is 1. The number of rotatable bonds is 3. The summed E-state index contributed by atoms with van der Waals surface area (Å²) in [5.74, 6) is 0. The summed E-state index contributed by atoms with van der Waals surface area (Å²) in [5, 5.41) is 3.40. The lowest BCUT2D eigenvalue weighted by Gasteiger charge is -2.36.